The molecule has 0 radical (unpaired) electrons. The van der Waals surface area contributed by atoms with Crippen molar-refractivity contribution in [2.24, 2.45) is 0 Å². The number of aliphatic hydroxyl groups excluding tert-OH is 1. The molecule has 4 aromatic carbocycles. The SMILES string of the molecule is COc1ccc(NC(=O)Nc2ccc(OC(c3ccc(F)cc3)c3cccc(Cl)c3)c(C(=O)NC(C)(C)C)c2)cc1CO. The lowest BCUT2D eigenvalue weighted by Gasteiger charge is -2.25. The van der Waals surface area contributed by atoms with Gasteiger partial charge in [0.15, 0.2) is 0 Å². The number of rotatable bonds is 9. The van der Waals surface area contributed by atoms with Crippen molar-refractivity contribution in [3.8, 4) is 11.5 Å². The summed E-state index contributed by atoms with van der Waals surface area (Å²) in [4.78, 5) is 26.3. The van der Waals surface area contributed by atoms with E-state index in [2.05, 4.69) is 16.0 Å². The van der Waals surface area contributed by atoms with E-state index in [1.807, 2.05) is 26.8 Å². The Morgan fingerprint density at radius 1 is 0.884 bits per heavy atom. The highest BCUT2D eigenvalue weighted by Gasteiger charge is 2.24. The van der Waals surface area contributed by atoms with Gasteiger partial charge in [0.2, 0.25) is 0 Å². The van der Waals surface area contributed by atoms with Crippen LogP contribution >= 0.6 is 11.6 Å². The van der Waals surface area contributed by atoms with Crippen molar-refractivity contribution in [1.29, 1.82) is 0 Å². The Bertz CT molecular complexity index is 1610. The molecule has 1 atom stereocenters. The minimum atomic E-state index is -0.724. The average molecular weight is 606 g/mol. The van der Waals surface area contributed by atoms with E-state index in [1.165, 1.54) is 25.3 Å². The van der Waals surface area contributed by atoms with Gasteiger partial charge in [-0.2, -0.15) is 0 Å². The van der Waals surface area contributed by atoms with Gasteiger partial charge in [0.25, 0.3) is 5.91 Å². The quantitative estimate of drug-likeness (QED) is 0.160. The summed E-state index contributed by atoms with van der Waals surface area (Å²) >= 11 is 6.27. The van der Waals surface area contributed by atoms with Gasteiger partial charge in [-0.05, 0) is 92.6 Å². The summed E-state index contributed by atoms with van der Waals surface area (Å²) in [5.41, 5.74) is 2.25. The van der Waals surface area contributed by atoms with Crippen LogP contribution in [0.4, 0.5) is 20.6 Å². The molecule has 0 saturated carbocycles. The highest BCUT2D eigenvalue weighted by molar-refractivity contribution is 6.30. The van der Waals surface area contributed by atoms with Crippen LogP contribution in [0.15, 0.2) is 84.9 Å². The summed E-state index contributed by atoms with van der Waals surface area (Å²) in [7, 11) is 1.49. The van der Waals surface area contributed by atoms with Crippen LogP contribution in [0.5, 0.6) is 11.5 Å². The van der Waals surface area contributed by atoms with Gasteiger partial charge in [0, 0.05) is 27.5 Å². The maximum absolute atomic E-state index is 13.8. The number of carbonyl (C=O) groups excluding carboxylic acids is 2. The summed E-state index contributed by atoms with van der Waals surface area (Å²) in [5.74, 6) is -0.0759. The van der Waals surface area contributed by atoms with Gasteiger partial charge < -0.3 is 30.5 Å². The molecule has 0 heterocycles. The summed E-state index contributed by atoms with van der Waals surface area (Å²) in [6.45, 7) is 5.29. The number of hydrogen-bond donors (Lipinski definition) is 4. The van der Waals surface area contributed by atoms with Gasteiger partial charge in [0.1, 0.15) is 23.4 Å². The van der Waals surface area contributed by atoms with Gasteiger partial charge in [0.05, 0.1) is 19.3 Å². The average Bonchev–Trinajstić information content (AvgIpc) is 2.96. The maximum atomic E-state index is 13.8. The third kappa shape index (κ3) is 8.47. The highest BCUT2D eigenvalue weighted by atomic mass is 35.5. The third-order valence-corrected chi connectivity index (χ3v) is 6.48. The van der Waals surface area contributed by atoms with Crippen LogP contribution in [-0.2, 0) is 6.61 Å². The number of anilines is 2. The van der Waals surface area contributed by atoms with Crippen LogP contribution in [0.1, 0.15) is 53.9 Å². The van der Waals surface area contributed by atoms with Gasteiger partial charge in [-0.1, -0.05) is 35.9 Å². The van der Waals surface area contributed by atoms with Gasteiger partial charge >= 0.3 is 6.03 Å². The highest BCUT2D eigenvalue weighted by Crippen LogP contribution is 2.33. The maximum Gasteiger partial charge on any atom is 0.323 e. The molecular weight excluding hydrogens is 573 g/mol. The van der Waals surface area contributed by atoms with Crippen molar-refractivity contribution < 1.29 is 28.6 Å². The molecule has 0 spiro atoms. The molecular formula is C33H33ClFN3O5. The van der Waals surface area contributed by atoms with Gasteiger partial charge in [-0.15, -0.1) is 0 Å². The lowest BCUT2D eigenvalue weighted by molar-refractivity contribution is 0.0913. The molecule has 0 bridgehead atoms. The van der Waals surface area contributed by atoms with Crippen molar-refractivity contribution in [2.75, 3.05) is 17.7 Å². The fourth-order valence-electron chi connectivity index (χ4n) is 4.33. The summed E-state index contributed by atoms with van der Waals surface area (Å²) < 4.78 is 25.4. The predicted octanol–water partition coefficient (Wildman–Crippen LogP) is 7.32. The Morgan fingerprint density at radius 2 is 1.53 bits per heavy atom. The smallest absolute Gasteiger partial charge is 0.323 e. The first-order valence-corrected chi connectivity index (χ1v) is 13.8. The van der Waals surface area contributed by atoms with Crippen molar-refractivity contribution in [3.05, 3.63) is 118 Å². The number of benzene rings is 4. The molecule has 1 unspecified atom stereocenters. The standard InChI is InChI=1S/C33H33ClFN3O5/c1-33(2,3)38-31(40)27-18-26(37-32(41)36-25-12-14-28(42-4)22(17-25)19-39)13-15-29(27)43-30(20-8-10-24(35)11-9-20)21-6-5-7-23(34)16-21/h5-18,30,39H,19H2,1-4H3,(H,38,40)(H2,36,37,41). The topological polar surface area (TPSA) is 109 Å². The molecule has 0 saturated heterocycles. The molecule has 0 aliphatic rings. The molecule has 4 N–H and O–H groups in total. The van der Waals surface area contributed by atoms with E-state index >= 15 is 0 Å². The second kappa shape index (κ2) is 13.6. The summed E-state index contributed by atoms with van der Waals surface area (Å²) in [6.07, 6.45) is -0.724. The molecule has 4 aromatic rings. The molecule has 0 aromatic heterocycles. The van der Waals surface area contributed by atoms with Crippen molar-refractivity contribution in [3.63, 3.8) is 0 Å². The monoisotopic (exact) mass is 605 g/mol. The van der Waals surface area contributed by atoms with E-state index in [4.69, 9.17) is 21.1 Å². The molecule has 4 rings (SSSR count). The second-order valence-electron chi connectivity index (χ2n) is 10.8. The number of hydrogen-bond acceptors (Lipinski definition) is 5. The Hall–Kier alpha value is -4.60. The van der Waals surface area contributed by atoms with Crippen molar-refractivity contribution in [2.45, 2.75) is 39.0 Å². The molecule has 10 heteroatoms. The zero-order valence-corrected chi connectivity index (χ0v) is 25.0. The largest absolute Gasteiger partial charge is 0.496 e. The van der Waals surface area contributed by atoms with Gasteiger partial charge in [-0.25, -0.2) is 9.18 Å². The van der Waals surface area contributed by atoms with E-state index in [0.717, 1.165) is 0 Å². The molecule has 0 aliphatic carbocycles. The van der Waals surface area contributed by atoms with Crippen LogP contribution < -0.4 is 25.4 Å². The summed E-state index contributed by atoms with van der Waals surface area (Å²) in [6, 6.07) is 22.0. The van der Waals surface area contributed by atoms with E-state index in [-0.39, 0.29) is 17.9 Å². The van der Waals surface area contributed by atoms with Crippen molar-refractivity contribution in [1.82, 2.24) is 5.32 Å². The van der Waals surface area contributed by atoms with Crippen LogP contribution in [0.3, 0.4) is 0 Å². The molecule has 3 amide bonds. The van der Waals surface area contributed by atoms with E-state index in [0.29, 0.717) is 38.8 Å². The number of aliphatic hydroxyl groups is 1. The van der Waals surface area contributed by atoms with Crippen LogP contribution in [0, 0.1) is 5.82 Å². The number of halogens is 2. The molecule has 8 nitrogen and oxygen atoms in total. The first kappa shape index (κ1) is 31.3. The Kier molecular flexibility index (Phi) is 9.90. The Labute approximate surface area is 254 Å². The minimum absolute atomic E-state index is 0.175. The molecule has 0 fully saturated rings. The van der Waals surface area contributed by atoms with Crippen LogP contribution in [0.2, 0.25) is 5.02 Å². The minimum Gasteiger partial charge on any atom is -0.496 e. The lowest BCUT2D eigenvalue weighted by atomic mass is 10.0. The first-order valence-electron chi connectivity index (χ1n) is 13.5. The second-order valence-corrected chi connectivity index (χ2v) is 11.2. The van der Waals surface area contributed by atoms with E-state index < -0.39 is 29.4 Å². The third-order valence-electron chi connectivity index (χ3n) is 6.25. The van der Waals surface area contributed by atoms with Crippen LogP contribution in [-0.4, -0.2) is 29.7 Å². The fourth-order valence-corrected chi connectivity index (χ4v) is 4.53. The first-order chi connectivity index (χ1) is 20.5. The van der Waals surface area contributed by atoms with Gasteiger partial charge in [-0.3, -0.25) is 4.79 Å². The Balaban J connectivity index is 1.66. The molecule has 0 aliphatic heterocycles. The lowest BCUT2D eigenvalue weighted by Crippen LogP contribution is -2.40. The number of methoxy groups -OCH3 is 1. The number of urea groups is 1. The number of amides is 3. The Morgan fingerprint density at radius 3 is 2.14 bits per heavy atom. The normalized spacial score (nSPS) is 11.8. The van der Waals surface area contributed by atoms with E-state index in [9.17, 15) is 19.1 Å². The number of carbonyl (C=O) groups is 2. The molecule has 43 heavy (non-hydrogen) atoms. The summed E-state index contributed by atoms with van der Waals surface area (Å²) in [5, 5.41) is 18.5. The fraction of sp³-hybridized carbons (Fsp3) is 0.212. The van der Waals surface area contributed by atoms with E-state index in [1.54, 1.807) is 60.7 Å². The molecule has 224 valence electrons. The number of nitrogens with one attached hydrogen (secondary N) is 3. The zero-order chi connectivity index (χ0) is 31.1. The zero-order valence-electron chi connectivity index (χ0n) is 24.2. The van der Waals surface area contributed by atoms with Crippen LogP contribution in [0.25, 0.3) is 0 Å². The van der Waals surface area contributed by atoms with Crippen molar-refractivity contribution >= 4 is 34.9 Å². The number of ether oxygens (including phenoxy) is 2. The predicted molar refractivity (Wildman–Crippen MR) is 166 cm³/mol.